The van der Waals surface area contributed by atoms with Gasteiger partial charge in [0.2, 0.25) is 0 Å². The average molecular weight is 138 g/mol. The Bertz CT molecular complexity index is 235. The summed E-state index contributed by atoms with van der Waals surface area (Å²) in [6.07, 6.45) is 1.64. The van der Waals surface area contributed by atoms with E-state index in [1.807, 2.05) is 6.92 Å². The van der Waals surface area contributed by atoms with Crippen molar-refractivity contribution in [2.24, 2.45) is 0 Å². The molecular weight excluding hydrogens is 128 g/mol. The first-order chi connectivity index (χ1) is 4.74. The van der Waals surface area contributed by atoms with E-state index in [1.54, 1.807) is 19.4 Å². The number of nitrogen functional groups attached to an aromatic ring is 1. The van der Waals surface area contributed by atoms with Crippen LogP contribution in [0.1, 0.15) is 5.69 Å². The second-order valence-electron chi connectivity index (χ2n) is 2.05. The highest BCUT2D eigenvalue weighted by Crippen LogP contribution is 2.14. The number of hydrogen-bond donors (Lipinski definition) is 1. The van der Waals surface area contributed by atoms with E-state index in [0.29, 0.717) is 11.4 Å². The van der Waals surface area contributed by atoms with Crippen LogP contribution < -0.4 is 10.5 Å². The molecule has 0 unspecified atom stereocenters. The van der Waals surface area contributed by atoms with Gasteiger partial charge in [0.15, 0.2) is 0 Å². The summed E-state index contributed by atoms with van der Waals surface area (Å²) < 4.78 is 4.91. The van der Waals surface area contributed by atoms with Gasteiger partial charge >= 0.3 is 0 Å². The van der Waals surface area contributed by atoms with Crippen LogP contribution in [0.3, 0.4) is 0 Å². The van der Waals surface area contributed by atoms with E-state index in [9.17, 15) is 0 Å². The Morgan fingerprint density at radius 3 is 2.80 bits per heavy atom. The normalized spacial score (nSPS) is 9.40. The quantitative estimate of drug-likeness (QED) is 0.629. The van der Waals surface area contributed by atoms with Crippen LogP contribution >= 0.6 is 0 Å². The topological polar surface area (TPSA) is 48.1 Å². The van der Waals surface area contributed by atoms with Crippen molar-refractivity contribution < 1.29 is 4.74 Å². The van der Waals surface area contributed by atoms with Gasteiger partial charge in [-0.3, -0.25) is 4.98 Å². The molecule has 0 fully saturated rings. The molecule has 0 atom stereocenters. The predicted molar refractivity (Wildman–Crippen MR) is 39.9 cm³/mol. The van der Waals surface area contributed by atoms with Gasteiger partial charge in [-0.05, 0) is 6.92 Å². The molecule has 0 amide bonds. The highest BCUT2D eigenvalue weighted by Gasteiger charge is 1.95. The Kier molecular flexibility index (Phi) is 1.76. The van der Waals surface area contributed by atoms with Crippen LogP contribution in [0.25, 0.3) is 0 Å². The fraction of sp³-hybridized carbons (Fsp3) is 0.286. The molecule has 2 N–H and O–H groups in total. The van der Waals surface area contributed by atoms with Gasteiger partial charge in [-0.15, -0.1) is 0 Å². The molecule has 0 bridgehead atoms. The summed E-state index contributed by atoms with van der Waals surface area (Å²) in [7, 11) is 1.59. The monoisotopic (exact) mass is 138 g/mol. The fourth-order valence-corrected chi connectivity index (χ4v) is 0.642. The fourth-order valence-electron chi connectivity index (χ4n) is 0.642. The van der Waals surface area contributed by atoms with E-state index in [0.717, 1.165) is 5.69 Å². The van der Waals surface area contributed by atoms with Crippen LogP contribution in [0.2, 0.25) is 0 Å². The number of aryl methyl sites for hydroxylation is 1. The lowest BCUT2D eigenvalue weighted by atomic mass is 10.3. The molecular formula is C7H10N2O. The minimum atomic E-state index is 0.666. The number of nitrogens with two attached hydrogens (primary N) is 1. The van der Waals surface area contributed by atoms with Crippen molar-refractivity contribution in [2.45, 2.75) is 6.92 Å². The largest absolute Gasteiger partial charge is 0.495 e. The molecule has 1 rings (SSSR count). The van der Waals surface area contributed by atoms with Gasteiger partial charge < -0.3 is 10.5 Å². The van der Waals surface area contributed by atoms with E-state index < -0.39 is 0 Å². The zero-order valence-corrected chi connectivity index (χ0v) is 6.09. The van der Waals surface area contributed by atoms with Crippen LogP contribution in [0.15, 0.2) is 12.3 Å². The van der Waals surface area contributed by atoms with Crippen LogP contribution in [0, 0.1) is 6.92 Å². The van der Waals surface area contributed by atoms with Gasteiger partial charge in [-0.1, -0.05) is 0 Å². The van der Waals surface area contributed by atoms with Gasteiger partial charge in [0.1, 0.15) is 5.75 Å². The van der Waals surface area contributed by atoms with Crippen LogP contribution in [0.4, 0.5) is 5.69 Å². The number of anilines is 1. The SMILES string of the molecule is COc1cnc(C)c(N)c1. The smallest absolute Gasteiger partial charge is 0.139 e. The maximum absolute atomic E-state index is 5.55. The lowest BCUT2D eigenvalue weighted by Crippen LogP contribution is -1.93. The Balaban J connectivity index is 3.04. The number of hydrogen-bond acceptors (Lipinski definition) is 3. The molecule has 1 aromatic rings. The molecule has 0 aliphatic heterocycles. The van der Waals surface area contributed by atoms with Crippen molar-refractivity contribution in [3.63, 3.8) is 0 Å². The number of ether oxygens (including phenoxy) is 1. The number of aromatic nitrogens is 1. The molecule has 0 spiro atoms. The van der Waals surface area contributed by atoms with Crippen molar-refractivity contribution in [2.75, 3.05) is 12.8 Å². The van der Waals surface area contributed by atoms with Crippen LogP contribution in [-0.4, -0.2) is 12.1 Å². The Labute approximate surface area is 59.8 Å². The van der Waals surface area contributed by atoms with E-state index in [1.165, 1.54) is 0 Å². The highest BCUT2D eigenvalue weighted by atomic mass is 16.5. The Morgan fingerprint density at radius 1 is 1.60 bits per heavy atom. The number of rotatable bonds is 1. The second-order valence-corrected chi connectivity index (χ2v) is 2.05. The lowest BCUT2D eigenvalue weighted by Gasteiger charge is -2.01. The first kappa shape index (κ1) is 6.86. The Morgan fingerprint density at radius 2 is 2.30 bits per heavy atom. The average Bonchev–Trinajstić information content (AvgIpc) is 1.95. The molecule has 10 heavy (non-hydrogen) atoms. The van der Waals surface area contributed by atoms with Gasteiger partial charge in [-0.25, -0.2) is 0 Å². The highest BCUT2D eigenvalue weighted by molar-refractivity contribution is 5.46. The first-order valence-corrected chi connectivity index (χ1v) is 3.00. The summed E-state index contributed by atoms with van der Waals surface area (Å²) in [5, 5.41) is 0. The summed E-state index contributed by atoms with van der Waals surface area (Å²) >= 11 is 0. The number of nitrogens with zero attached hydrogens (tertiary/aromatic N) is 1. The zero-order chi connectivity index (χ0) is 7.56. The van der Waals surface area contributed by atoms with E-state index in [4.69, 9.17) is 10.5 Å². The molecule has 0 aliphatic rings. The lowest BCUT2D eigenvalue weighted by molar-refractivity contribution is 0.413. The zero-order valence-electron chi connectivity index (χ0n) is 6.09. The number of methoxy groups -OCH3 is 1. The molecule has 0 aliphatic carbocycles. The first-order valence-electron chi connectivity index (χ1n) is 3.00. The van der Waals surface area contributed by atoms with Gasteiger partial charge in [-0.2, -0.15) is 0 Å². The summed E-state index contributed by atoms with van der Waals surface area (Å²) in [4.78, 5) is 4.00. The summed E-state index contributed by atoms with van der Waals surface area (Å²) in [5.74, 6) is 0.697. The third-order valence-corrected chi connectivity index (χ3v) is 1.34. The summed E-state index contributed by atoms with van der Waals surface area (Å²) in [6.45, 7) is 1.86. The Hall–Kier alpha value is -1.25. The van der Waals surface area contributed by atoms with Gasteiger partial charge in [0, 0.05) is 6.07 Å². The van der Waals surface area contributed by atoms with E-state index in [2.05, 4.69) is 4.98 Å². The van der Waals surface area contributed by atoms with Gasteiger partial charge in [0.05, 0.1) is 24.7 Å². The third kappa shape index (κ3) is 1.18. The van der Waals surface area contributed by atoms with E-state index in [-0.39, 0.29) is 0 Å². The molecule has 1 aromatic heterocycles. The summed E-state index contributed by atoms with van der Waals surface area (Å²) in [5.41, 5.74) is 7.05. The van der Waals surface area contributed by atoms with Crippen molar-refractivity contribution in [3.05, 3.63) is 18.0 Å². The van der Waals surface area contributed by atoms with Crippen molar-refractivity contribution in [1.82, 2.24) is 4.98 Å². The summed E-state index contributed by atoms with van der Waals surface area (Å²) in [6, 6.07) is 1.75. The van der Waals surface area contributed by atoms with Gasteiger partial charge in [0.25, 0.3) is 0 Å². The minimum Gasteiger partial charge on any atom is -0.495 e. The standard InChI is InChI=1S/C7H10N2O/c1-5-7(8)3-6(10-2)4-9-5/h3-4H,8H2,1-2H3. The van der Waals surface area contributed by atoms with Crippen LogP contribution in [-0.2, 0) is 0 Å². The molecule has 0 saturated carbocycles. The third-order valence-electron chi connectivity index (χ3n) is 1.34. The van der Waals surface area contributed by atoms with Crippen LogP contribution in [0.5, 0.6) is 5.75 Å². The molecule has 0 saturated heterocycles. The van der Waals surface area contributed by atoms with Crippen molar-refractivity contribution >= 4 is 5.69 Å². The molecule has 0 aromatic carbocycles. The van der Waals surface area contributed by atoms with Crippen molar-refractivity contribution in [3.8, 4) is 5.75 Å². The molecule has 0 radical (unpaired) electrons. The molecule has 3 heteroatoms. The maximum Gasteiger partial charge on any atom is 0.139 e. The minimum absolute atomic E-state index is 0.666. The molecule has 1 heterocycles. The van der Waals surface area contributed by atoms with E-state index >= 15 is 0 Å². The predicted octanol–water partition coefficient (Wildman–Crippen LogP) is 0.981. The van der Waals surface area contributed by atoms with Crippen molar-refractivity contribution in [1.29, 1.82) is 0 Å². The second kappa shape index (κ2) is 2.56. The molecule has 3 nitrogen and oxygen atoms in total. The number of pyridine rings is 1. The molecule has 54 valence electrons. The maximum atomic E-state index is 5.55.